The molecule has 1 amide bonds. The smallest absolute Gasteiger partial charge is 0.223 e. The van der Waals surface area contributed by atoms with Crippen LogP contribution in [0.3, 0.4) is 0 Å². The van der Waals surface area contributed by atoms with Gasteiger partial charge in [0.2, 0.25) is 5.91 Å². The minimum absolute atomic E-state index is 0.0584. The van der Waals surface area contributed by atoms with Crippen molar-refractivity contribution < 1.29 is 14.6 Å². The zero-order valence-electron chi connectivity index (χ0n) is 17.4. The number of H-pyrrole nitrogens is 1. The van der Waals surface area contributed by atoms with Crippen LogP contribution in [-0.4, -0.2) is 47.6 Å². The standard InChI is InChI=1S/C24H29N3O3/c1-30-22-8-4-5-19(23(22)28)16-27-13-10-17(11-14-27)24(29)25-12-9-18-15-26-21-7-3-2-6-20(18)21/h2-8,15,17,26,28H,9-14,16H2,1H3,(H,25,29). The number of aromatic nitrogens is 1. The molecule has 6 nitrogen and oxygen atoms in total. The van der Waals surface area contributed by atoms with Gasteiger partial charge in [-0.05, 0) is 50.0 Å². The van der Waals surface area contributed by atoms with Crippen LogP contribution in [0.2, 0.25) is 0 Å². The van der Waals surface area contributed by atoms with Crippen molar-refractivity contribution in [2.45, 2.75) is 25.8 Å². The number of nitrogens with zero attached hydrogens (tertiary/aromatic N) is 1. The number of hydrogen-bond donors (Lipinski definition) is 3. The van der Waals surface area contributed by atoms with Crippen LogP contribution >= 0.6 is 0 Å². The fraction of sp³-hybridized carbons (Fsp3) is 0.375. The minimum Gasteiger partial charge on any atom is -0.504 e. The lowest BCUT2D eigenvalue weighted by Gasteiger charge is -2.31. The molecule has 0 saturated carbocycles. The van der Waals surface area contributed by atoms with Crippen LogP contribution in [0.4, 0.5) is 0 Å². The maximum atomic E-state index is 12.6. The van der Waals surface area contributed by atoms with Gasteiger partial charge in [-0.3, -0.25) is 9.69 Å². The molecular weight excluding hydrogens is 378 g/mol. The van der Waals surface area contributed by atoms with Crippen LogP contribution in [0.25, 0.3) is 10.9 Å². The molecule has 6 heteroatoms. The van der Waals surface area contributed by atoms with Crippen molar-refractivity contribution in [1.29, 1.82) is 0 Å². The Labute approximate surface area is 176 Å². The van der Waals surface area contributed by atoms with E-state index in [0.717, 1.165) is 43.4 Å². The fourth-order valence-corrected chi connectivity index (χ4v) is 4.26. The SMILES string of the molecule is COc1cccc(CN2CCC(C(=O)NCCc3c[nH]c4ccccc34)CC2)c1O. The van der Waals surface area contributed by atoms with E-state index in [9.17, 15) is 9.90 Å². The summed E-state index contributed by atoms with van der Waals surface area (Å²) < 4.78 is 5.19. The summed E-state index contributed by atoms with van der Waals surface area (Å²) in [6.45, 7) is 3.00. The second-order valence-corrected chi connectivity index (χ2v) is 7.92. The largest absolute Gasteiger partial charge is 0.504 e. The van der Waals surface area contributed by atoms with Crippen molar-refractivity contribution in [3.63, 3.8) is 0 Å². The number of rotatable bonds is 7. The molecule has 2 heterocycles. The molecule has 0 aliphatic carbocycles. The van der Waals surface area contributed by atoms with Crippen LogP contribution in [0.1, 0.15) is 24.0 Å². The number of piperidine rings is 1. The number of carbonyl (C=O) groups excluding carboxylic acids is 1. The van der Waals surface area contributed by atoms with Gasteiger partial charge in [-0.25, -0.2) is 0 Å². The Morgan fingerprint density at radius 1 is 1.17 bits per heavy atom. The number of aromatic amines is 1. The Bertz CT molecular complexity index is 1010. The normalized spacial score (nSPS) is 15.4. The van der Waals surface area contributed by atoms with Crippen LogP contribution < -0.4 is 10.1 Å². The van der Waals surface area contributed by atoms with E-state index < -0.39 is 0 Å². The molecule has 4 rings (SSSR count). The van der Waals surface area contributed by atoms with Gasteiger partial charge in [0.25, 0.3) is 0 Å². The second kappa shape index (κ2) is 9.22. The number of phenolic OH excluding ortho intramolecular Hbond substituents is 1. The van der Waals surface area contributed by atoms with Crippen molar-refractivity contribution in [3.8, 4) is 11.5 Å². The highest BCUT2D eigenvalue weighted by Crippen LogP contribution is 2.31. The average Bonchev–Trinajstić information content (AvgIpc) is 3.19. The van der Waals surface area contributed by atoms with Gasteiger partial charge in [-0.2, -0.15) is 0 Å². The lowest BCUT2D eigenvalue weighted by Crippen LogP contribution is -2.40. The second-order valence-electron chi connectivity index (χ2n) is 7.92. The first-order chi connectivity index (χ1) is 14.7. The first-order valence-electron chi connectivity index (χ1n) is 10.6. The summed E-state index contributed by atoms with van der Waals surface area (Å²) in [6.07, 6.45) is 4.53. The Kier molecular flexibility index (Phi) is 6.23. The molecule has 0 bridgehead atoms. The maximum absolute atomic E-state index is 12.6. The molecule has 30 heavy (non-hydrogen) atoms. The van der Waals surface area contributed by atoms with Gasteiger partial charge in [-0.1, -0.05) is 30.3 Å². The van der Waals surface area contributed by atoms with Gasteiger partial charge in [-0.15, -0.1) is 0 Å². The Morgan fingerprint density at radius 2 is 1.97 bits per heavy atom. The maximum Gasteiger partial charge on any atom is 0.223 e. The van der Waals surface area contributed by atoms with Crippen molar-refractivity contribution in [2.24, 2.45) is 5.92 Å². The van der Waals surface area contributed by atoms with E-state index in [1.165, 1.54) is 10.9 Å². The van der Waals surface area contributed by atoms with Crippen LogP contribution in [0.5, 0.6) is 11.5 Å². The number of aromatic hydroxyl groups is 1. The number of fused-ring (bicyclic) bond motifs is 1. The van der Waals surface area contributed by atoms with E-state index in [-0.39, 0.29) is 17.6 Å². The van der Waals surface area contributed by atoms with Crippen LogP contribution in [0.15, 0.2) is 48.7 Å². The minimum atomic E-state index is 0.0584. The van der Waals surface area contributed by atoms with Crippen molar-refractivity contribution in [1.82, 2.24) is 15.2 Å². The topological polar surface area (TPSA) is 77.6 Å². The molecule has 3 aromatic rings. The molecule has 1 aromatic heterocycles. The molecule has 0 radical (unpaired) electrons. The average molecular weight is 408 g/mol. The summed E-state index contributed by atoms with van der Waals surface area (Å²) in [5, 5.41) is 14.6. The fourth-order valence-electron chi connectivity index (χ4n) is 4.26. The van der Waals surface area contributed by atoms with Gasteiger partial charge in [0.15, 0.2) is 11.5 Å². The number of carbonyl (C=O) groups is 1. The summed E-state index contributed by atoms with van der Waals surface area (Å²) in [5.41, 5.74) is 3.23. The van der Waals surface area contributed by atoms with E-state index in [1.54, 1.807) is 13.2 Å². The van der Waals surface area contributed by atoms with Crippen molar-refractivity contribution in [3.05, 3.63) is 59.8 Å². The summed E-state index contributed by atoms with van der Waals surface area (Å²) in [7, 11) is 1.56. The molecule has 0 spiro atoms. The molecule has 3 N–H and O–H groups in total. The number of hydrogen-bond acceptors (Lipinski definition) is 4. The lowest BCUT2D eigenvalue weighted by molar-refractivity contribution is -0.126. The lowest BCUT2D eigenvalue weighted by atomic mass is 9.95. The highest BCUT2D eigenvalue weighted by molar-refractivity contribution is 5.83. The number of amides is 1. The molecule has 158 valence electrons. The predicted molar refractivity (Wildman–Crippen MR) is 118 cm³/mol. The monoisotopic (exact) mass is 407 g/mol. The summed E-state index contributed by atoms with van der Waals surface area (Å²) in [5.74, 6) is 0.913. The zero-order valence-corrected chi connectivity index (χ0v) is 17.4. The number of para-hydroxylation sites is 2. The number of likely N-dealkylation sites (tertiary alicyclic amines) is 1. The number of benzene rings is 2. The van der Waals surface area contributed by atoms with E-state index in [4.69, 9.17) is 4.74 Å². The Morgan fingerprint density at radius 3 is 2.77 bits per heavy atom. The quantitative estimate of drug-likeness (QED) is 0.561. The first-order valence-corrected chi connectivity index (χ1v) is 10.6. The molecule has 2 aromatic carbocycles. The molecule has 0 atom stereocenters. The summed E-state index contributed by atoms with van der Waals surface area (Å²) in [6, 6.07) is 13.8. The molecule has 0 unspecified atom stereocenters. The third-order valence-corrected chi connectivity index (χ3v) is 6.02. The van der Waals surface area contributed by atoms with Crippen LogP contribution in [0, 0.1) is 5.92 Å². The molecule has 1 fully saturated rings. The van der Waals surface area contributed by atoms with E-state index in [1.807, 2.05) is 30.5 Å². The van der Waals surface area contributed by atoms with Gasteiger partial charge in [0.05, 0.1) is 7.11 Å². The molecule has 1 aliphatic heterocycles. The van der Waals surface area contributed by atoms with E-state index in [2.05, 4.69) is 27.3 Å². The molecule has 1 saturated heterocycles. The zero-order chi connectivity index (χ0) is 20.9. The summed E-state index contributed by atoms with van der Waals surface area (Å²) in [4.78, 5) is 18.2. The van der Waals surface area contributed by atoms with Crippen LogP contribution in [-0.2, 0) is 17.8 Å². The van der Waals surface area contributed by atoms with Gasteiger partial charge < -0.3 is 20.1 Å². The number of nitrogens with one attached hydrogen (secondary N) is 2. The third-order valence-electron chi connectivity index (χ3n) is 6.02. The first kappa shape index (κ1) is 20.3. The summed E-state index contributed by atoms with van der Waals surface area (Å²) >= 11 is 0. The van der Waals surface area contributed by atoms with E-state index in [0.29, 0.717) is 18.8 Å². The number of methoxy groups -OCH3 is 1. The number of phenols is 1. The molecule has 1 aliphatic rings. The van der Waals surface area contributed by atoms with Gasteiger partial charge >= 0.3 is 0 Å². The van der Waals surface area contributed by atoms with Gasteiger partial charge in [0, 0.05) is 41.7 Å². The highest BCUT2D eigenvalue weighted by Gasteiger charge is 2.25. The Balaban J connectivity index is 1.23. The third kappa shape index (κ3) is 4.44. The van der Waals surface area contributed by atoms with E-state index >= 15 is 0 Å². The van der Waals surface area contributed by atoms with Gasteiger partial charge in [0.1, 0.15) is 0 Å². The predicted octanol–water partition coefficient (Wildman–Crippen LogP) is 3.45. The molecular formula is C24H29N3O3. The Hall–Kier alpha value is -2.99. The van der Waals surface area contributed by atoms with Crippen molar-refractivity contribution in [2.75, 3.05) is 26.7 Å². The number of ether oxygens (including phenoxy) is 1. The van der Waals surface area contributed by atoms with Crippen molar-refractivity contribution >= 4 is 16.8 Å². The highest BCUT2D eigenvalue weighted by atomic mass is 16.5.